The monoisotopic (exact) mass is 312 g/mol. The number of rotatable bonds is 4. The third-order valence-electron chi connectivity index (χ3n) is 3.73. The molecule has 0 spiro atoms. The van der Waals surface area contributed by atoms with E-state index in [0.717, 1.165) is 19.3 Å². The van der Waals surface area contributed by atoms with Crippen LogP contribution in [0.25, 0.3) is 0 Å². The molecular weight excluding hydrogens is 292 g/mol. The highest BCUT2D eigenvalue weighted by atomic mass is 32.2. The zero-order valence-corrected chi connectivity index (χ0v) is 13.4. The maximum absolute atomic E-state index is 12.5. The van der Waals surface area contributed by atoms with E-state index >= 15 is 0 Å². The molecule has 1 aromatic rings. The average Bonchev–Trinajstić information content (AvgIpc) is 2.68. The van der Waals surface area contributed by atoms with Crippen molar-refractivity contribution in [2.45, 2.75) is 44.0 Å². The van der Waals surface area contributed by atoms with Gasteiger partial charge in [0.1, 0.15) is 4.99 Å². The van der Waals surface area contributed by atoms with Gasteiger partial charge in [-0.1, -0.05) is 44.3 Å². The summed E-state index contributed by atoms with van der Waals surface area (Å²) in [7, 11) is -3.59. The highest BCUT2D eigenvalue weighted by Gasteiger charge is 2.34. The summed E-state index contributed by atoms with van der Waals surface area (Å²) in [6.07, 6.45) is 2.74. The summed E-state index contributed by atoms with van der Waals surface area (Å²) < 4.78 is 27.8. The molecule has 20 heavy (non-hydrogen) atoms. The van der Waals surface area contributed by atoms with Gasteiger partial charge in [0.05, 0.1) is 4.90 Å². The van der Waals surface area contributed by atoms with E-state index in [-0.39, 0.29) is 21.3 Å². The quantitative estimate of drug-likeness (QED) is 0.836. The fourth-order valence-corrected chi connectivity index (χ4v) is 4.46. The molecule has 4 nitrogen and oxygen atoms in total. The van der Waals surface area contributed by atoms with Crippen molar-refractivity contribution in [3.63, 3.8) is 0 Å². The first-order chi connectivity index (χ1) is 9.21. The van der Waals surface area contributed by atoms with Crippen LogP contribution in [0.3, 0.4) is 0 Å². The molecule has 110 valence electrons. The van der Waals surface area contributed by atoms with Crippen molar-refractivity contribution in [1.82, 2.24) is 4.72 Å². The number of hydrogen-bond donors (Lipinski definition) is 2. The summed E-state index contributed by atoms with van der Waals surface area (Å²) in [5, 5.41) is 0. The zero-order chi connectivity index (χ0) is 15.0. The van der Waals surface area contributed by atoms with Gasteiger partial charge in [-0.05, 0) is 30.7 Å². The van der Waals surface area contributed by atoms with Crippen LogP contribution in [0.15, 0.2) is 29.2 Å². The highest BCUT2D eigenvalue weighted by molar-refractivity contribution is 7.89. The van der Waals surface area contributed by atoms with Gasteiger partial charge in [0.15, 0.2) is 0 Å². The maximum Gasteiger partial charge on any atom is 0.241 e. The van der Waals surface area contributed by atoms with Crippen LogP contribution in [-0.2, 0) is 10.0 Å². The van der Waals surface area contributed by atoms with Crippen molar-refractivity contribution in [2.75, 3.05) is 0 Å². The maximum atomic E-state index is 12.5. The number of hydrogen-bond acceptors (Lipinski definition) is 3. The Morgan fingerprint density at radius 3 is 2.60 bits per heavy atom. The van der Waals surface area contributed by atoms with Crippen LogP contribution >= 0.6 is 12.2 Å². The van der Waals surface area contributed by atoms with E-state index in [2.05, 4.69) is 18.6 Å². The van der Waals surface area contributed by atoms with Gasteiger partial charge in [0.25, 0.3) is 0 Å². The van der Waals surface area contributed by atoms with E-state index in [1.54, 1.807) is 18.2 Å². The van der Waals surface area contributed by atoms with Gasteiger partial charge < -0.3 is 5.73 Å². The molecule has 0 heterocycles. The molecule has 1 aliphatic carbocycles. The lowest BCUT2D eigenvalue weighted by atomic mass is 9.92. The molecule has 0 aromatic heterocycles. The molecule has 2 rings (SSSR count). The minimum Gasteiger partial charge on any atom is -0.389 e. The minimum absolute atomic E-state index is 0.0191. The van der Waals surface area contributed by atoms with Crippen molar-refractivity contribution in [3.8, 4) is 0 Å². The van der Waals surface area contributed by atoms with Crippen LogP contribution < -0.4 is 10.5 Å². The highest BCUT2D eigenvalue weighted by Crippen LogP contribution is 2.37. The normalized spacial score (nSPS) is 21.8. The molecule has 1 aliphatic rings. The molecule has 1 unspecified atom stereocenters. The fraction of sp³-hybridized carbons (Fsp3) is 0.500. The summed E-state index contributed by atoms with van der Waals surface area (Å²) in [6, 6.07) is 6.56. The van der Waals surface area contributed by atoms with Crippen LogP contribution in [0.1, 0.15) is 38.7 Å². The predicted octanol–water partition coefficient (Wildman–Crippen LogP) is 2.18. The van der Waals surface area contributed by atoms with Gasteiger partial charge in [-0.2, -0.15) is 0 Å². The molecule has 1 aromatic carbocycles. The SMILES string of the molecule is CC1(C)CCC(NS(=O)(=O)c2ccccc2C(N)=S)C1. The molecule has 3 N–H and O–H groups in total. The largest absolute Gasteiger partial charge is 0.389 e. The van der Waals surface area contributed by atoms with E-state index in [1.165, 1.54) is 6.07 Å². The van der Waals surface area contributed by atoms with Gasteiger partial charge in [0.2, 0.25) is 10.0 Å². The van der Waals surface area contributed by atoms with Crippen molar-refractivity contribution in [2.24, 2.45) is 11.1 Å². The summed E-state index contributed by atoms with van der Waals surface area (Å²) >= 11 is 4.92. The summed E-state index contributed by atoms with van der Waals surface area (Å²) in [4.78, 5) is 0.259. The van der Waals surface area contributed by atoms with Crippen LogP contribution in [0.5, 0.6) is 0 Å². The molecule has 1 atom stereocenters. The Kier molecular flexibility index (Phi) is 4.18. The first kappa shape index (κ1) is 15.4. The zero-order valence-electron chi connectivity index (χ0n) is 11.7. The molecule has 0 saturated heterocycles. The average molecular weight is 312 g/mol. The lowest BCUT2D eigenvalue weighted by molar-refractivity contribution is 0.372. The molecule has 0 radical (unpaired) electrons. The van der Waals surface area contributed by atoms with Gasteiger partial charge in [0, 0.05) is 11.6 Å². The predicted molar refractivity (Wildman–Crippen MR) is 84.1 cm³/mol. The number of thiocarbonyl (C=S) groups is 1. The van der Waals surface area contributed by atoms with Crippen molar-refractivity contribution in [1.29, 1.82) is 0 Å². The van der Waals surface area contributed by atoms with Gasteiger partial charge >= 0.3 is 0 Å². The summed E-state index contributed by atoms with van der Waals surface area (Å²) in [5.74, 6) is 0. The second-order valence-electron chi connectivity index (χ2n) is 6.09. The number of nitrogens with one attached hydrogen (secondary N) is 1. The lowest BCUT2D eigenvalue weighted by Gasteiger charge is -2.18. The van der Waals surface area contributed by atoms with Crippen molar-refractivity contribution >= 4 is 27.2 Å². The third kappa shape index (κ3) is 3.37. The van der Waals surface area contributed by atoms with E-state index < -0.39 is 10.0 Å². The number of nitrogens with two attached hydrogens (primary N) is 1. The van der Waals surface area contributed by atoms with Gasteiger partial charge in [-0.3, -0.25) is 0 Å². The van der Waals surface area contributed by atoms with Crippen LogP contribution in [0.2, 0.25) is 0 Å². The topological polar surface area (TPSA) is 72.2 Å². The Balaban J connectivity index is 2.26. The van der Waals surface area contributed by atoms with E-state index in [4.69, 9.17) is 18.0 Å². The first-order valence-electron chi connectivity index (χ1n) is 6.62. The van der Waals surface area contributed by atoms with E-state index in [0.29, 0.717) is 5.56 Å². The Hall–Kier alpha value is -0.980. The minimum atomic E-state index is -3.59. The second-order valence-corrected chi connectivity index (χ2v) is 8.21. The number of sulfonamides is 1. The molecule has 0 amide bonds. The molecule has 0 bridgehead atoms. The van der Waals surface area contributed by atoms with Gasteiger partial charge in [-0.15, -0.1) is 0 Å². The Labute approximate surface area is 125 Å². The summed E-state index contributed by atoms with van der Waals surface area (Å²) in [6.45, 7) is 4.31. The molecular formula is C14H20N2O2S2. The van der Waals surface area contributed by atoms with Crippen molar-refractivity contribution < 1.29 is 8.42 Å². The smallest absolute Gasteiger partial charge is 0.241 e. The molecule has 1 saturated carbocycles. The first-order valence-corrected chi connectivity index (χ1v) is 8.52. The molecule has 1 fully saturated rings. The van der Waals surface area contributed by atoms with E-state index in [1.807, 2.05) is 0 Å². The Morgan fingerprint density at radius 1 is 1.40 bits per heavy atom. The third-order valence-corrected chi connectivity index (χ3v) is 5.53. The Bertz CT molecular complexity index is 624. The van der Waals surface area contributed by atoms with Crippen molar-refractivity contribution in [3.05, 3.63) is 29.8 Å². The molecule has 0 aliphatic heterocycles. The van der Waals surface area contributed by atoms with Crippen LogP contribution in [0.4, 0.5) is 0 Å². The summed E-state index contributed by atoms with van der Waals surface area (Å²) in [5.41, 5.74) is 6.19. The lowest BCUT2D eigenvalue weighted by Crippen LogP contribution is -2.34. The number of benzene rings is 1. The van der Waals surface area contributed by atoms with Crippen LogP contribution in [-0.4, -0.2) is 19.4 Å². The van der Waals surface area contributed by atoms with E-state index in [9.17, 15) is 8.42 Å². The molecule has 6 heteroatoms. The fourth-order valence-electron chi connectivity index (χ4n) is 2.72. The van der Waals surface area contributed by atoms with Gasteiger partial charge in [-0.25, -0.2) is 13.1 Å². The van der Waals surface area contributed by atoms with Crippen LogP contribution in [0, 0.1) is 5.41 Å². The second kappa shape index (κ2) is 5.42. The Morgan fingerprint density at radius 2 is 2.05 bits per heavy atom. The standard InChI is InChI=1S/C14H20N2O2S2/c1-14(2)8-7-10(9-14)16-20(17,18)12-6-4-3-5-11(12)13(15)19/h3-6,10,16H,7-9H2,1-2H3,(H2,15,19).